The van der Waals surface area contributed by atoms with Gasteiger partial charge in [0.1, 0.15) is 11.5 Å². The van der Waals surface area contributed by atoms with Crippen LogP contribution in [0.25, 0.3) is 0 Å². The maximum atomic E-state index is 12.5. The first-order valence-corrected chi connectivity index (χ1v) is 9.13. The number of hydrogen-bond acceptors (Lipinski definition) is 6. The van der Waals surface area contributed by atoms with E-state index in [1.807, 2.05) is 47.8 Å². The molecule has 1 N–H and O–H groups in total. The van der Waals surface area contributed by atoms with Crippen LogP contribution in [0.15, 0.2) is 76.5 Å². The van der Waals surface area contributed by atoms with Gasteiger partial charge < -0.3 is 9.15 Å². The van der Waals surface area contributed by atoms with Gasteiger partial charge in [0.2, 0.25) is 5.89 Å². The highest BCUT2D eigenvalue weighted by Gasteiger charge is 2.13. The first-order valence-electron chi connectivity index (χ1n) is 8.25. The Labute approximate surface area is 159 Å². The second-order valence-corrected chi connectivity index (χ2v) is 6.69. The third-order valence-corrected chi connectivity index (χ3v) is 4.54. The minimum atomic E-state index is -0.347. The van der Waals surface area contributed by atoms with Crippen molar-refractivity contribution in [3.05, 3.63) is 88.4 Å². The summed E-state index contributed by atoms with van der Waals surface area (Å²) in [6, 6.07) is 20.3. The lowest BCUT2D eigenvalue weighted by molar-refractivity contribution is 0.102. The number of hydrogen-bond donors (Lipinski definition) is 1. The van der Waals surface area contributed by atoms with Crippen LogP contribution < -0.4 is 10.1 Å². The molecule has 2 aromatic heterocycles. The molecule has 6 nitrogen and oxygen atoms in total. The average Bonchev–Trinajstić information content (AvgIpc) is 3.35. The summed E-state index contributed by atoms with van der Waals surface area (Å²) in [5.74, 6) is 1.37. The zero-order chi connectivity index (χ0) is 18.5. The number of benzene rings is 2. The van der Waals surface area contributed by atoms with E-state index >= 15 is 0 Å². The van der Waals surface area contributed by atoms with Crippen LogP contribution in [0.2, 0.25) is 0 Å². The average molecular weight is 377 g/mol. The molecule has 0 atom stereocenters. The Bertz CT molecular complexity index is 1030. The molecule has 134 valence electrons. The lowest BCUT2D eigenvalue weighted by atomic mass is 10.2. The first-order chi connectivity index (χ1) is 13.3. The fraction of sp³-hybridized carbons (Fsp3) is 0.0500. The lowest BCUT2D eigenvalue weighted by Crippen LogP contribution is -2.12. The molecular weight excluding hydrogens is 362 g/mol. The topological polar surface area (TPSA) is 77.3 Å². The summed E-state index contributed by atoms with van der Waals surface area (Å²) in [6.45, 7) is 0. The fourth-order valence-corrected chi connectivity index (χ4v) is 3.13. The van der Waals surface area contributed by atoms with Crippen molar-refractivity contribution in [3.63, 3.8) is 0 Å². The Morgan fingerprint density at radius 2 is 1.85 bits per heavy atom. The zero-order valence-electron chi connectivity index (χ0n) is 14.2. The number of thiophene rings is 1. The van der Waals surface area contributed by atoms with E-state index in [1.54, 1.807) is 35.6 Å². The van der Waals surface area contributed by atoms with E-state index in [4.69, 9.17) is 9.15 Å². The highest BCUT2D eigenvalue weighted by molar-refractivity contribution is 7.09. The van der Waals surface area contributed by atoms with Gasteiger partial charge in [0, 0.05) is 10.4 Å². The second-order valence-electron chi connectivity index (χ2n) is 5.65. The summed E-state index contributed by atoms with van der Waals surface area (Å²) in [4.78, 5) is 13.6. The van der Waals surface area contributed by atoms with E-state index < -0.39 is 0 Å². The molecule has 0 spiro atoms. The van der Waals surface area contributed by atoms with Gasteiger partial charge in [-0.25, -0.2) is 0 Å². The SMILES string of the molecule is O=C(Nc1nnc(Cc2cccs2)o1)c1cccc(Oc2ccccc2)c1. The number of aromatic nitrogens is 2. The van der Waals surface area contributed by atoms with Gasteiger partial charge >= 0.3 is 6.01 Å². The Hall–Kier alpha value is -3.45. The van der Waals surface area contributed by atoms with Crippen molar-refractivity contribution in [2.45, 2.75) is 6.42 Å². The summed E-state index contributed by atoms with van der Waals surface area (Å²) >= 11 is 1.61. The standard InChI is InChI=1S/C20H15N3O3S/c24-19(21-20-23-22-18(26-20)13-17-10-5-11-27-17)14-6-4-9-16(12-14)25-15-7-2-1-3-8-15/h1-12H,13H2,(H,21,23,24). The van der Waals surface area contributed by atoms with Gasteiger partial charge in [0.05, 0.1) is 6.42 Å². The Morgan fingerprint density at radius 1 is 1.00 bits per heavy atom. The molecule has 0 aliphatic rings. The van der Waals surface area contributed by atoms with Crippen molar-refractivity contribution < 1.29 is 13.9 Å². The molecule has 0 fully saturated rings. The summed E-state index contributed by atoms with van der Waals surface area (Å²) in [5.41, 5.74) is 0.432. The number of nitrogens with zero attached hydrogens (tertiary/aromatic N) is 2. The van der Waals surface area contributed by atoms with Crippen LogP contribution in [-0.2, 0) is 6.42 Å². The van der Waals surface area contributed by atoms with Crippen LogP contribution in [0, 0.1) is 0 Å². The fourth-order valence-electron chi connectivity index (χ4n) is 2.43. The monoisotopic (exact) mass is 377 g/mol. The van der Waals surface area contributed by atoms with Gasteiger partial charge in [-0.2, -0.15) is 0 Å². The third kappa shape index (κ3) is 4.39. The van der Waals surface area contributed by atoms with Crippen molar-refractivity contribution in [1.82, 2.24) is 10.2 Å². The molecular formula is C20H15N3O3S. The Balaban J connectivity index is 1.42. The van der Waals surface area contributed by atoms with E-state index in [2.05, 4.69) is 15.5 Å². The van der Waals surface area contributed by atoms with E-state index in [9.17, 15) is 4.79 Å². The number of nitrogens with one attached hydrogen (secondary N) is 1. The predicted octanol–water partition coefficient (Wildman–Crippen LogP) is 4.77. The van der Waals surface area contributed by atoms with Crippen molar-refractivity contribution in [2.75, 3.05) is 5.32 Å². The maximum Gasteiger partial charge on any atom is 0.322 e. The molecule has 0 saturated heterocycles. The molecule has 1 amide bonds. The highest BCUT2D eigenvalue weighted by atomic mass is 32.1. The lowest BCUT2D eigenvalue weighted by Gasteiger charge is -2.07. The van der Waals surface area contributed by atoms with Gasteiger partial charge in [-0.1, -0.05) is 35.4 Å². The number of rotatable bonds is 6. The zero-order valence-corrected chi connectivity index (χ0v) is 15.0. The summed E-state index contributed by atoms with van der Waals surface area (Å²) < 4.78 is 11.2. The molecule has 0 unspecified atom stereocenters. The Morgan fingerprint density at radius 3 is 2.67 bits per heavy atom. The first kappa shape index (κ1) is 17.0. The normalized spacial score (nSPS) is 10.5. The summed E-state index contributed by atoms with van der Waals surface area (Å²) in [5, 5.41) is 12.4. The highest BCUT2D eigenvalue weighted by Crippen LogP contribution is 2.22. The number of carbonyl (C=O) groups excluding carboxylic acids is 1. The molecule has 7 heteroatoms. The maximum absolute atomic E-state index is 12.5. The summed E-state index contributed by atoms with van der Waals surface area (Å²) in [7, 11) is 0. The van der Waals surface area contributed by atoms with E-state index in [0.717, 1.165) is 4.88 Å². The number of anilines is 1. The van der Waals surface area contributed by atoms with Gasteiger partial charge in [-0.15, -0.1) is 16.4 Å². The smallest absolute Gasteiger partial charge is 0.322 e. The number of ether oxygens (including phenoxy) is 1. The molecule has 0 radical (unpaired) electrons. The molecule has 27 heavy (non-hydrogen) atoms. The van der Waals surface area contributed by atoms with Crippen molar-refractivity contribution in [3.8, 4) is 11.5 Å². The Kier molecular flexibility index (Phi) is 4.93. The van der Waals surface area contributed by atoms with Gasteiger partial charge in [-0.3, -0.25) is 10.1 Å². The molecule has 0 saturated carbocycles. The molecule has 4 aromatic rings. The van der Waals surface area contributed by atoms with Gasteiger partial charge in [0.25, 0.3) is 5.91 Å². The van der Waals surface area contributed by atoms with Crippen molar-refractivity contribution in [2.24, 2.45) is 0 Å². The minimum absolute atomic E-state index is 0.0703. The number of para-hydroxylation sites is 1. The van der Waals surface area contributed by atoms with Crippen molar-refractivity contribution >= 4 is 23.3 Å². The molecule has 4 rings (SSSR count). The molecule has 2 aromatic carbocycles. The van der Waals surface area contributed by atoms with E-state index in [-0.39, 0.29) is 11.9 Å². The molecule has 0 aliphatic carbocycles. The van der Waals surface area contributed by atoms with Gasteiger partial charge in [-0.05, 0) is 41.8 Å². The number of amides is 1. The van der Waals surface area contributed by atoms with Crippen LogP contribution in [-0.4, -0.2) is 16.1 Å². The molecule has 0 aliphatic heterocycles. The van der Waals surface area contributed by atoms with Crippen LogP contribution >= 0.6 is 11.3 Å². The van der Waals surface area contributed by atoms with E-state index in [1.165, 1.54) is 0 Å². The largest absolute Gasteiger partial charge is 0.457 e. The second kappa shape index (κ2) is 7.84. The molecule has 2 heterocycles. The van der Waals surface area contributed by atoms with Crippen molar-refractivity contribution in [1.29, 1.82) is 0 Å². The minimum Gasteiger partial charge on any atom is -0.457 e. The van der Waals surface area contributed by atoms with Crippen LogP contribution in [0.1, 0.15) is 21.1 Å². The predicted molar refractivity (Wildman–Crippen MR) is 102 cm³/mol. The number of carbonyl (C=O) groups is 1. The van der Waals surface area contributed by atoms with E-state index in [0.29, 0.717) is 29.4 Å². The quantitative estimate of drug-likeness (QED) is 0.524. The van der Waals surface area contributed by atoms with Crippen LogP contribution in [0.4, 0.5) is 6.01 Å². The van der Waals surface area contributed by atoms with Crippen LogP contribution in [0.3, 0.4) is 0 Å². The molecule has 0 bridgehead atoms. The van der Waals surface area contributed by atoms with Gasteiger partial charge in [0.15, 0.2) is 0 Å². The summed E-state index contributed by atoms with van der Waals surface area (Å²) in [6.07, 6.45) is 0.543. The van der Waals surface area contributed by atoms with Crippen LogP contribution in [0.5, 0.6) is 11.5 Å². The third-order valence-electron chi connectivity index (χ3n) is 3.67.